The highest BCUT2D eigenvalue weighted by Gasteiger charge is 2.37. The average molecular weight is 488 g/mol. The lowest BCUT2D eigenvalue weighted by molar-refractivity contribution is 0.0122. The van der Waals surface area contributed by atoms with Crippen LogP contribution in [0, 0.1) is 0 Å². The monoisotopic (exact) mass is 487 g/mol. The summed E-state index contributed by atoms with van der Waals surface area (Å²) in [5, 5.41) is 10.3. The maximum absolute atomic E-state index is 13.5. The molecule has 2 N–H and O–H groups in total. The van der Waals surface area contributed by atoms with Gasteiger partial charge in [0, 0.05) is 35.8 Å². The van der Waals surface area contributed by atoms with E-state index in [9.17, 15) is 8.78 Å². The van der Waals surface area contributed by atoms with E-state index in [1.165, 1.54) is 11.9 Å². The quantitative estimate of drug-likeness (QED) is 0.362. The summed E-state index contributed by atoms with van der Waals surface area (Å²) in [4.78, 5) is 6.05. The minimum absolute atomic E-state index is 0.0570. The minimum Gasteiger partial charge on any atom is -0.382 e. The van der Waals surface area contributed by atoms with E-state index in [4.69, 9.17) is 10.8 Å². The molecule has 0 unspecified atom stereocenters. The molecule has 3 aromatic heterocycles. The fourth-order valence-corrected chi connectivity index (χ4v) is 5.10. The van der Waals surface area contributed by atoms with Crippen molar-refractivity contribution < 1.29 is 8.78 Å². The van der Waals surface area contributed by atoms with Gasteiger partial charge in [0.2, 0.25) is 0 Å². The van der Waals surface area contributed by atoms with E-state index in [0.717, 1.165) is 39.7 Å². The van der Waals surface area contributed by atoms with Crippen LogP contribution in [-0.2, 0) is 13.0 Å². The topological polar surface area (TPSA) is 77.3 Å². The molecule has 5 aromatic rings. The Morgan fingerprint density at radius 1 is 1.06 bits per heavy atom. The lowest BCUT2D eigenvalue weighted by Crippen LogP contribution is -2.26. The Balaban J connectivity index is 1.28. The molecule has 0 radical (unpaired) electrons. The number of rotatable bonds is 7. The number of nitrogen functional groups attached to an aromatic ring is 1. The predicted octanol–water partition coefficient (Wildman–Crippen LogP) is 4.65. The fraction of sp³-hybridized carbons (Fsp3) is 0.296. The fourth-order valence-electron chi connectivity index (χ4n) is 5.10. The van der Waals surface area contributed by atoms with E-state index < -0.39 is 5.92 Å². The zero-order valence-electron chi connectivity index (χ0n) is 19.8. The van der Waals surface area contributed by atoms with E-state index in [2.05, 4.69) is 52.7 Å². The summed E-state index contributed by atoms with van der Waals surface area (Å²) in [5.41, 5.74) is 12.0. The first-order valence-electron chi connectivity index (χ1n) is 12.2. The largest absolute Gasteiger partial charge is 0.382 e. The number of aryl methyl sites for hydroxylation is 1. The summed E-state index contributed by atoms with van der Waals surface area (Å²) in [6, 6.07) is 18.5. The zero-order chi connectivity index (χ0) is 24.7. The number of hydrogen-bond donors (Lipinski definition) is 1. The number of nitrogens with two attached hydrogens (primary N) is 1. The molecule has 0 amide bonds. The second-order valence-electron chi connectivity index (χ2n) is 9.53. The summed E-state index contributed by atoms with van der Waals surface area (Å²) in [6.07, 6.45) is 4.90. The van der Waals surface area contributed by atoms with Crippen LogP contribution in [0.3, 0.4) is 0 Å². The van der Waals surface area contributed by atoms with Gasteiger partial charge in [-0.2, -0.15) is 10.2 Å². The van der Waals surface area contributed by atoms with Crippen LogP contribution in [0.15, 0.2) is 67.1 Å². The molecular weight excluding hydrogens is 460 g/mol. The third kappa shape index (κ3) is 4.42. The van der Waals surface area contributed by atoms with Crippen LogP contribution < -0.4 is 5.73 Å². The van der Waals surface area contributed by atoms with Crippen molar-refractivity contribution in [3.63, 3.8) is 0 Å². The van der Waals surface area contributed by atoms with Gasteiger partial charge in [0.15, 0.2) is 5.82 Å². The molecule has 1 fully saturated rings. The summed E-state index contributed by atoms with van der Waals surface area (Å²) < 4.78 is 30.8. The highest BCUT2D eigenvalue weighted by atomic mass is 19.3. The number of anilines is 1. The Hall–Kier alpha value is -3.85. The van der Waals surface area contributed by atoms with Crippen LogP contribution in [0.1, 0.15) is 24.1 Å². The van der Waals surface area contributed by atoms with Crippen molar-refractivity contribution in [2.75, 3.05) is 25.4 Å². The number of alkyl halides is 2. The molecule has 184 valence electrons. The van der Waals surface area contributed by atoms with Crippen molar-refractivity contribution in [2.45, 2.75) is 31.7 Å². The molecule has 0 saturated carbocycles. The lowest BCUT2D eigenvalue weighted by atomic mass is 10.0. The van der Waals surface area contributed by atoms with Crippen molar-refractivity contribution in [2.24, 2.45) is 0 Å². The van der Waals surface area contributed by atoms with Crippen molar-refractivity contribution in [3.05, 3.63) is 78.4 Å². The number of likely N-dealkylation sites (tertiary alicyclic amines) is 1. The lowest BCUT2D eigenvalue weighted by Gasteiger charge is -2.14. The Morgan fingerprint density at radius 2 is 1.92 bits per heavy atom. The number of benzene rings is 2. The Kier molecular flexibility index (Phi) is 5.64. The van der Waals surface area contributed by atoms with Gasteiger partial charge in [0.1, 0.15) is 11.8 Å². The van der Waals surface area contributed by atoms with Crippen LogP contribution in [0.25, 0.3) is 27.5 Å². The SMILES string of the molecule is Nc1ncnn2c(CCCN3CCC(F)(F)C3)cc(-c3ccc4cn(Cc5ccccc5)nc4c3)c12. The van der Waals surface area contributed by atoms with Crippen LogP contribution in [0.5, 0.6) is 0 Å². The highest BCUT2D eigenvalue weighted by molar-refractivity contribution is 5.92. The predicted molar refractivity (Wildman–Crippen MR) is 136 cm³/mol. The number of nitrogens with zero attached hydrogens (tertiary/aromatic N) is 6. The second kappa shape index (κ2) is 8.98. The van der Waals surface area contributed by atoms with Gasteiger partial charge >= 0.3 is 0 Å². The molecule has 36 heavy (non-hydrogen) atoms. The van der Waals surface area contributed by atoms with Gasteiger partial charge in [-0.3, -0.25) is 9.58 Å². The van der Waals surface area contributed by atoms with E-state index in [1.54, 1.807) is 0 Å². The molecule has 6 rings (SSSR count). The first-order chi connectivity index (χ1) is 17.4. The number of aromatic nitrogens is 5. The van der Waals surface area contributed by atoms with E-state index >= 15 is 0 Å². The van der Waals surface area contributed by atoms with Gasteiger partial charge in [-0.15, -0.1) is 0 Å². The normalized spacial score (nSPS) is 15.8. The van der Waals surface area contributed by atoms with Crippen LogP contribution in [-0.4, -0.2) is 54.8 Å². The molecule has 1 saturated heterocycles. The molecule has 1 aliphatic rings. The molecule has 9 heteroatoms. The van der Waals surface area contributed by atoms with Crippen LogP contribution >= 0.6 is 0 Å². The highest BCUT2D eigenvalue weighted by Crippen LogP contribution is 2.33. The molecule has 0 spiro atoms. The Morgan fingerprint density at radius 3 is 2.72 bits per heavy atom. The molecule has 2 aromatic carbocycles. The van der Waals surface area contributed by atoms with Gasteiger partial charge in [0.25, 0.3) is 5.92 Å². The van der Waals surface area contributed by atoms with Crippen LogP contribution in [0.2, 0.25) is 0 Å². The number of hydrogen-bond acceptors (Lipinski definition) is 5. The van der Waals surface area contributed by atoms with Crippen LogP contribution in [0.4, 0.5) is 14.6 Å². The third-order valence-corrected chi connectivity index (χ3v) is 6.87. The number of halogens is 2. The van der Waals surface area contributed by atoms with Crippen molar-refractivity contribution in [3.8, 4) is 11.1 Å². The van der Waals surface area contributed by atoms with Crippen molar-refractivity contribution >= 4 is 22.2 Å². The van der Waals surface area contributed by atoms with E-state index in [0.29, 0.717) is 31.9 Å². The summed E-state index contributed by atoms with van der Waals surface area (Å²) in [7, 11) is 0. The summed E-state index contributed by atoms with van der Waals surface area (Å²) in [6.45, 7) is 1.62. The number of fused-ring (bicyclic) bond motifs is 2. The molecule has 0 aliphatic carbocycles. The molecular formula is C27H27F2N7. The minimum atomic E-state index is -2.57. The standard InChI is InChI=1S/C27H27F2N7/c28-27(29)10-12-34(17-27)11-4-7-22-14-23(25-26(30)31-18-32-36(22)25)20-8-9-21-16-35(33-24(21)13-20)15-19-5-2-1-3-6-19/h1-3,5-6,8-9,13-14,16,18H,4,7,10-12,15,17H2,(H2,30,31,32). The molecule has 4 heterocycles. The van der Waals surface area contributed by atoms with Crippen molar-refractivity contribution in [1.82, 2.24) is 29.3 Å². The smallest absolute Gasteiger partial charge is 0.261 e. The second-order valence-corrected chi connectivity index (χ2v) is 9.53. The maximum atomic E-state index is 13.5. The molecule has 0 atom stereocenters. The average Bonchev–Trinajstić information content (AvgIpc) is 3.54. The first kappa shape index (κ1) is 22.6. The van der Waals surface area contributed by atoms with Gasteiger partial charge < -0.3 is 5.73 Å². The van der Waals surface area contributed by atoms with Crippen molar-refractivity contribution in [1.29, 1.82) is 0 Å². The Labute approximate surface area is 207 Å². The third-order valence-electron chi connectivity index (χ3n) is 6.87. The van der Waals surface area contributed by atoms with E-state index in [1.807, 2.05) is 32.3 Å². The summed E-state index contributed by atoms with van der Waals surface area (Å²) in [5.74, 6) is -2.16. The Bertz CT molecular complexity index is 1520. The van der Waals surface area contributed by atoms with E-state index in [-0.39, 0.29) is 13.0 Å². The molecule has 1 aliphatic heterocycles. The van der Waals surface area contributed by atoms with Gasteiger partial charge in [0.05, 0.1) is 18.6 Å². The van der Waals surface area contributed by atoms with Gasteiger partial charge in [-0.05, 0) is 42.6 Å². The maximum Gasteiger partial charge on any atom is 0.261 e. The summed E-state index contributed by atoms with van der Waals surface area (Å²) >= 11 is 0. The molecule has 0 bridgehead atoms. The first-order valence-corrected chi connectivity index (χ1v) is 12.2. The van der Waals surface area contributed by atoms with Gasteiger partial charge in [-0.1, -0.05) is 42.5 Å². The van der Waals surface area contributed by atoms with Gasteiger partial charge in [-0.25, -0.2) is 18.3 Å². The zero-order valence-corrected chi connectivity index (χ0v) is 19.8. The molecule has 7 nitrogen and oxygen atoms in total.